The van der Waals surface area contributed by atoms with Crippen molar-refractivity contribution < 1.29 is 18.7 Å². The molecule has 5 rings (SSSR count). The van der Waals surface area contributed by atoms with Crippen LogP contribution in [-0.4, -0.2) is 32.7 Å². The van der Waals surface area contributed by atoms with E-state index in [0.717, 1.165) is 56.3 Å². The fourth-order valence-corrected chi connectivity index (χ4v) is 5.51. The normalized spacial score (nSPS) is 24.0. The average Bonchev–Trinajstić information content (AvgIpc) is 2.90. The second kappa shape index (κ2) is 10.6. The quantitative estimate of drug-likeness (QED) is 0.526. The molecular formula is C28H35FN2O3. The van der Waals surface area contributed by atoms with Crippen molar-refractivity contribution in [2.24, 2.45) is 11.1 Å². The van der Waals surface area contributed by atoms with E-state index < -0.39 is 0 Å². The Morgan fingerprint density at radius 3 is 2.38 bits per heavy atom. The van der Waals surface area contributed by atoms with Gasteiger partial charge in [0.1, 0.15) is 18.1 Å². The Hall–Kier alpha value is -2.86. The summed E-state index contributed by atoms with van der Waals surface area (Å²) in [6.45, 7) is 0.949. The lowest BCUT2D eigenvalue weighted by Gasteiger charge is -2.52. The molecule has 0 unspecified atom stereocenters. The molecule has 0 radical (unpaired) electrons. The van der Waals surface area contributed by atoms with Crippen molar-refractivity contribution in [3.05, 3.63) is 71.6 Å². The number of methoxy groups -OCH3 is 1. The number of hydrogen-bond donors (Lipinski definition) is 2. The number of carbonyl (C=O) groups excluding carboxylic acids is 1. The third-order valence-corrected chi connectivity index (χ3v) is 7.87. The van der Waals surface area contributed by atoms with Crippen LogP contribution in [0.25, 0.3) is 0 Å². The van der Waals surface area contributed by atoms with Crippen LogP contribution >= 0.6 is 0 Å². The number of fused-ring (bicyclic) bond motifs is 3. The van der Waals surface area contributed by atoms with Gasteiger partial charge in [-0.05, 0) is 85.8 Å². The molecule has 2 aromatic rings. The van der Waals surface area contributed by atoms with Crippen LogP contribution in [0.1, 0.15) is 49.7 Å². The van der Waals surface area contributed by atoms with Crippen LogP contribution in [0, 0.1) is 5.41 Å². The summed E-state index contributed by atoms with van der Waals surface area (Å²) < 4.78 is 23.6. The molecule has 0 saturated heterocycles. The summed E-state index contributed by atoms with van der Waals surface area (Å²) in [5.74, 6) is 1.77. The highest BCUT2D eigenvalue weighted by Crippen LogP contribution is 2.57. The first-order chi connectivity index (χ1) is 16.5. The number of halogens is 1. The van der Waals surface area contributed by atoms with Crippen LogP contribution < -0.4 is 20.5 Å². The van der Waals surface area contributed by atoms with E-state index >= 15 is 0 Å². The molecule has 0 heterocycles. The van der Waals surface area contributed by atoms with Gasteiger partial charge in [-0.25, -0.2) is 4.39 Å². The number of rotatable bonds is 10. The zero-order chi connectivity index (χ0) is 24.0. The van der Waals surface area contributed by atoms with Crippen LogP contribution in [0.5, 0.6) is 11.5 Å². The van der Waals surface area contributed by atoms with Gasteiger partial charge in [0.25, 0.3) is 0 Å². The standard InChI is InChI=1S/C28H35FN2O3/c1-33-25-4-2-3-21(17-25)9-16-31-26(32)28-13-10-27(11-14-28,12-15-28)23-5-7-24(8-6-23)34-20-22(18-29)19-30/h2-8,17-18H,9-16,19-20,30H2,1H3,(H,31,32)/b22-18+. The van der Waals surface area contributed by atoms with E-state index in [-0.39, 0.29) is 29.9 Å². The Labute approximate surface area is 201 Å². The Balaban J connectivity index is 1.30. The summed E-state index contributed by atoms with van der Waals surface area (Å²) in [6.07, 6.45) is 7.17. The number of amides is 1. The number of benzene rings is 2. The summed E-state index contributed by atoms with van der Waals surface area (Å²) >= 11 is 0. The van der Waals surface area contributed by atoms with Crippen molar-refractivity contribution in [3.63, 3.8) is 0 Å². The number of ether oxygens (including phenoxy) is 2. The van der Waals surface area contributed by atoms with E-state index in [1.54, 1.807) is 7.11 Å². The molecule has 0 atom stereocenters. The number of nitrogens with one attached hydrogen (secondary N) is 1. The SMILES string of the molecule is COc1cccc(CCNC(=O)C23CCC(c4ccc(OC/C(=C/F)CN)cc4)(CC2)CC3)c1. The lowest BCUT2D eigenvalue weighted by atomic mass is 9.51. The molecule has 0 spiro atoms. The number of hydrogen-bond acceptors (Lipinski definition) is 4. The van der Waals surface area contributed by atoms with E-state index in [0.29, 0.717) is 24.2 Å². The zero-order valence-corrected chi connectivity index (χ0v) is 19.9. The molecule has 3 saturated carbocycles. The first-order valence-corrected chi connectivity index (χ1v) is 12.2. The van der Waals surface area contributed by atoms with E-state index in [4.69, 9.17) is 15.2 Å². The fourth-order valence-electron chi connectivity index (χ4n) is 5.51. The Bertz CT molecular complexity index is 994. The second-order valence-corrected chi connectivity index (χ2v) is 9.70. The highest BCUT2D eigenvalue weighted by Gasteiger charge is 2.52. The summed E-state index contributed by atoms with van der Waals surface area (Å²) in [5.41, 5.74) is 8.30. The van der Waals surface area contributed by atoms with E-state index in [1.165, 1.54) is 5.56 Å². The fraction of sp³-hybridized carbons (Fsp3) is 0.464. The Morgan fingerprint density at radius 2 is 1.76 bits per heavy atom. The summed E-state index contributed by atoms with van der Waals surface area (Å²) in [4.78, 5) is 13.2. The summed E-state index contributed by atoms with van der Waals surface area (Å²) in [5, 5.41) is 3.21. The van der Waals surface area contributed by atoms with Gasteiger partial charge >= 0.3 is 0 Å². The molecule has 6 heteroatoms. The van der Waals surface area contributed by atoms with Crippen molar-refractivity contribution in [1.82, 2.24) is 5.32 Å². The molecule has 3 aliphatic carbocycles. The van der Waals surface area contributed by atoms with Gasteiger partial charge in [-0.2, -0.15) is 0 Å². The molecule has 1 amide bonds. The molecule has 3 aliphatic rings. The van der Waals surface area contributed by atoms with Crippen LogP contribution in [0.4, 0.5) is 4.39 Å². The van der Waals surface area contributed by atoms with Crippen LogP contribution in [0.3, 0.4) is 0 Å². The predicted octanol–water partition coefficient (Wildman–Crippen LogP) is 4.84. The average molecular weight is 467 g/mol. The number of nitrogens with two attached hydrogens (primary N) is 1. The van der Waals surface area contributed by atoms with Gasteiger partial charge in [-0.1, -0.05) is 24.3 Å². The maximum atomic E-state index is 13.2. The van der Waals surface area contributed by atoms with E-state index in [9.17, 15) is 9.18 Å². The first-order valence-electron chi connectivity index (χ1n) is 12.2. The van der Waals surface area contributed by atoms with Crippen molar-refractivity contribution in [1.29, 1.82) is 0 Å². The maximum Gasteiger partial charge on any atom is 0.226 e. The van der Waals surface area contributed by atoms with Crippen molar-refractivity contribution in [3.8, 4) is 11.5 Å². The Morgan fingerprint density at radius 1 is 1.06 bits per heavy atom. The molecule has 34 heavy (non-hydrogen) atoms. The van der Waals surface area contributed by atoms with Gasteiger partial charge in [0.2, 0.25) is 5.91 Å². The monoisotopic (exact) mass is 466 g/mol. The lowest BCUT2D eigenvalue weighted by Crippen LogP contribution is -2.51. The van der Waals surface area contributed by atoms with E-state index in [1.807, 2.05) is 30.3 Å². The topological polar surface area (TPSA) is 73.6 Å². The third-order valence-electron chi connectivity index (χ3n) is 7.87. The molecule has 2 bridgehead atoms. The largest absolute Gasteiger partial charge is 0.497 e. The minimum Gasteiger partial charge on any atom is -0.497 e. The second-order valence-electron chi connectivity index (χ2n) is 9.70. The van der Waals surface area contributed by atoms with Crippen LogP contribution in [0.2, 0.25) is 0 Å². The summed E-state index contributed by atoms with van der Waals surface area (Å²) in [6, 6.07) is 16.2. The van der Waals surface area contributed by atoms with E-state index in [2.05, 4.69) is 23.5 Å². The van der Waals surface area contributed by atoms with Crippen molar-refractivity contribution in [2.75, 3.05) is 26.8 Å². The van der Waals surface area contributed by atoms with Gasteiger partial charge in [0.05, 0.1) is 13.4 Å². The lowest BCUT2D eigenvalue weighted by molar-refractivity contribution is -0.137. The molecular weight excluding hydrogens is 431 g/mol. The van der Waals surface area contributed by atoms with Gasteiger partial charge in [0, 0.05) is 24.1 Å². The molecule has 3 fully saturated rings. The molecule has 182 valence electrons. The minimum absolute atomic E-state index is 0.141. The van der Waals surface area contributed by atoms with Gasteiger partial charge in [-0.15, -0.1) is 0 Å². The molecule has 2 aromatic carbocycles. The van der Waals surface area contributed by atoms with Gasteiger partial charge in [0.15, 0.2) is 0 Å². The highest BCUT2D eigenvalue weighted by molar-refractivity contribution is 5.83. The van der Waals surface area contributed by atoms with Gasteiger partial charge < -0.3 is 20.5 Å². The van der Waals surface area contributed by atoms with Crippen molar-refractivity contribution in [2.45, 2.75) is 50.4 Å². The smallest absolute Gasteiger partial charge is 0.226 e. The zero-order valence-electron chi connectivity index (χ0n) is 19.9. The minimum atomic E-state index is -0.226. The molecule has 3 N–H and O–H groups in total. The van der Waals surface area contributed by atoms with Gasteiger partial charge in [-0.3, -0.25) is 4.79 Å². The molecule has 0 aromatic heterocycles. The maximum absolute atomic E-state index is 13.2. The highest BCUT2D eigenvalue weighted by atomic mass is 19.1. The van der Waals surface area contributed by atoms with Crippen LogP contribution in [0.15, 0.2) is 60.4 Å². The number of carbonyl (C=O) groups is 1. The molecule has 5 nitrogen and oxygen atoms in total. The predicted molar refractivity (Wildman–Crippen MR) is 132 cm³/mol. The first kappa shape index (κ1) is 24.3. The third kappa shape index (κ3) is 5.12. The Kier molecular flexibility index (Phi) is 7.57. The summed E-state index contributed by atoms with van der Waals surface area (Å²) in [7, 11) is 1.67. The van der Waals surface area contributed by atoms with Crippen LogP contribution in [-0.2, 0) is 16.6 Å². The van der Waals surface area contributed by atoms with Crippen molar-refractivity contribution >= 4 is 5.91 Å². The molecule has 0 aliphatic heterocycles.